The molecular formula is C29H29NO8. The summed E-state index contributed by atoms with van der Waals surface area (Å²) in [5.74, 6) is 0.488. The van der Waals surface area contributed by atoms with Crippen LogP contribution in [0.15, 0.2) is 66.2 Å². The molecule has 198 valence electrons. The largest absolute Gasteiger partial charge is 0.507 e. The summed E-state index contributed by atoms with van der Waals surface area (Å²) in [4.78, 5) is 28.3. The van der Waals surface area contributed by atoms with Crippen molar-refractivity contribution in [1.82, 2.24) is 4.90 Å². The van der Waals surface area contributed by atoms with E-state index in [-0.39, 0.29) is 23.4 Å². The Morgan fingerprint density at radius 1 is 0.737 bits per heavy atom. The van der Waals surface area contributed by atoms with Crippen LogP contribution in [0.3, 0.4) is 0 Å². The second-order valence-electron chi connectivity index (χ2n) is 8.46. The van der Waals surface area contributed by atoms with E-state index in [1.54, 1.807) is 67.8 Å². The SMILES string of the molecule is COc1ccc(C2/C(=C(\O)c3cc(OC)ccc3OC)C(=O)C(=O)N2Cc2ccc(OC)c(OC)c2)cc1. The maximum absolute atomic E-state index is 13.5. The van der Waals surface area contributed by atoms with Crippen molar-refractivity contribution >= 4 is 17.4 Å². The molecule has 1 N–H and O–H groups in total. The van der Waals surface area contributed by atoms with Gasteiger partial charge in [0.25, 0.3) is 11.7 Å². The molecule has 0 saturated carbocycles. The zero-order valence-electron chi connectivity index (χ0n) is 21.8. The quantitative estimate of drug-likeness (QED) is 0.253. The van der Waals surface area contributed by atoms with Gasteiger partial charge >= 0.3 is 0 Å². The van der Waals surface area contributed by atoms with Gasteiger partial charge in [-0.25, -0.2) is 0 Å². The number of rotatable bonds is 9. The predicted molar refractivity (Wildman–Crippen MR) is 140 cm³/mol. The Labute approximate surface area is 220 Å². The van der Waals surface area contributed by atoms with Crippen molar-refractivity contribution in [3.8, 4) is 28.7 Å². The predicted octanol–water partition coefficient (Wildman–Crippen LogP) is 4.35. The maximum Gasteiger partial charge on any atom is 0.295 e. The number of ether oxygens (including phenoxy) is 5. The minimum atomic E-state index is -0.884. The molecule has 3 aromatic rings. The topological polar surface area (TPSA) is 104 Å². The van der Waals surface area contributed by atoms with Crippen LogP contribution in [0.2, 0.25) is 0 Å². The summed E-state index contributed by atoms with van der Waals surface area (Å²) in [5, 5.41) is 11.5. The standard InChI is InChI=1S/C29H29NO8/c1-34-19-9-7-18(8-10-19)26-25(27(31)21-15-20(35-2)11-13-22(21)36-3)28(32)29(33)30(26)16-17-6-12-23(37-4)24(14-17)38-5/h6-15,26,31H,16H2,1-5H3/b27-25+. The molecule has 3 aromatic carbocycles. The molecule has 1 aliphatic rings. The number of hydrogen-bond acceptors (Lipinski definition) is 8. The molecular weight excluding hydrogens is 490 g/mol. The Morgan fingerprint density at radius 3 is 1.95 bits per heavy atom. The highest BCUT2D eigenvalue weighted by molar-refractivity contribution is 6.46. The number of amides is 1. The summed E-state index contributed by atoms with van der Waals surface area (Å²) in [6, 6.07) is 16.2. The number of aliphatic hydroxyl groups is 1. The van der Waals surface area contributed by atoms with Crippen LogP contribution in [0.5, 0.6) is 28.7 Å². The molecule has 0 aliphatic carbocycles. The van der Waals surface area contributed by atoms with E-state index >= 15 is 0 Å². The molecule has 1 aliphatic heterocycles. The van der Waals surface area contributed by atoms with Crippen molar-refractivity contribution in [2.75, 3.05) is 35.5 Å². The summed E-state index contributed by atoms with van der Waals surface area (Å²) in [6.45, 7) is 0.0770. The summed E-state index contributed by atoms with van der Waals surface area (Å²) < 4.78 is 26.7. The number of benzene rings is 3. The fraction of sp³-hybridized carbons (Fsp3) is 0.241. The number of hydrogen-bond donors (Lipinski definition) is 1. The number of likely N-dealkylation sites (tertiary alicyclic amines) is 1. The third-order valence-electron chi connectivity index (χ3n) is 6.43. The van der Waals surface area contributed by atoms with E-state index in [4.69, 9.17) is 23.7 Å². The normalized spacial score (nSPS) is 16.3. The number of Topliss-reactive ketones (excluding diaryl/α,β-unsaturated/α-hetero) is 1. The molecule has 38 heavy (non-hydrogen) atoms. The summed E-state index contributed by atoms with van der Waals surface area (Å²) in [5.41, 5.74) is 1.50. The molecule has 1 atom stereocenters. The van der Waals surface area contributed by atoms with Crippen LogP contribution in [0.1, 0.15) is 22.7 Å². The second-order valence-corrected chi connectivity index (χ2v) is 8.46. The first-order valence-corrected chi connectivity index (χ1v) is 11.7. The summed E-state index contributed by atoms with van der Waals surface area (Å²) >= 11 is 0. The fourth-order valence-corrected chi connectivity index (χ4v) is 4.50. The third kappa shape index (κ3) is 4.82. The zero-order valence-corrected chi connectivity index (χ0v) is 21.8. The lowest BCUT2D eigenvalue weighted by Crippen LogP contribution is -2.29. The Bertz CT molecular complexity index is 1380. The molecule has 1 fully saturated rings. The minimum absolute atomic E-state index is 0.0628. The molecule has 0 bridgehead atoms. The monoisotopic (exact) mass is 519 g/mol. The van der Waals surface area contributed by atoms with Gasteiger partial charge in [0.2, 0.25) is 0 Å². The molecule has 1 unspecified atom stereocenters. The van der Waals surface area contributed by atoms with Crippen LogP contribution in [0.25, 0.3) is 5.76 Å². The molecule has 0 spiro atoms. The first-order chi connectivity index (χ1) is 18.4. The van der Waals surface area contributed by atoms with E-state index in [1.165, 1.54) is 33.3 Å². The Kier molecular flexibility index (Phi) is 7.76. The number of methoxy groups -OCH3 is 5. The van der Waals surface area contributed by atoms with Crippen molar-refractivity contribution in [3.05, 3.63) is 82.9 Å². The molecule has 4 rings (SSSR count). The first-order valence-electron chi connectivity index (χ1n) is 11.7. The maximum atomic E-state index is 13.5. The second kappa shape index (κ2) is 11.2. The van der Waals surface area contributed by atoms with Crippen LogP contribution < -0.4 is 23.7 Å². The van der Waals surface area contributed by atoms with Crippen molar-refractivity contribution in [1.29, 1.82) is 0 Å². The number of aliphatic hydroxyl groups excluding tert-OH is 1. The molecule has 0 aromatic heterocycles. The van der Waals surface area contributed by atoms with Gasteiger partial charge in [0.1, 0.15) is 23.0 Å². The summed E-state index contributed by atoms with van der Waals surface area (Å²) in [6.07, 6.45) is 0. The smallest absolute Gasteiger partial charge is 0.295 e. The minimum Gasteiger partial charge on any atom is -0.507 e. The average molecular weight is 520 g/mol. The van der Waals surface area contributed by atoms with Gasteiger partial charge in [-0.05, 0) is 53.6 Å². The third-order valence-corrected chi connectivity index (χ3v) is 6.43. The Morgan fingerprint density at radius 2 is 1.34 bits per heavy atom. The molecule has 1 heterocycles. The van der Waals surface area contributed by atoms with Crippen molar-refractivity contribution < 1.29 is 38.4 Å². The van der Waals surface area contributed by atoms with Gasteiger partial charge in [0, 0.05) is 6.54 Å². The number of ketones is 1. The highest BCUT2D eigenvalue weighted by Crippen LogP contribution is 2.43. The van der Waals surface area contributed by atoms with Crippen LogP contribution in [0.4, 0.5) is 0 Å². The number of carbonyl (C=O) groups is 2. The molecule has 9 heteroatoms. The van der Waals surface area contributed by atoms with Gasteiger partial charge in [0.05, 0.1) is 52.7 Å². The van der Waals surface area contributed by atoms with E-state index in [0.29, 0.717) is 39.9 Å². The number of nitrogens with zero attached hydrogens (tertiary/aromatic N) is 1. The number of carbonyl (C=O) groups excluding carboxylic acids is 2. The van der Waals surface area contributed by atoms with Gasteiger partial charge in [-0.3, -0.25) is 9.59 Å². The van der Waals surface area contributed by atoms with E-state index in [1.807, 2.05) is 0 Å². The fourth-order valence-electron chi connectivity index (χ4n) is 4.50. The van der Waals surface area contributed by atoms with Gasteiger partial charge in [-0.2, -0.15) is 0 Å². The van der Waals surface area contributed by atoms with E-state index in [9.17, 15) is 14.7 Å². The lowest BCUT2D eigenvalue weighted by Gasteiger charge is -2.26. The van der Waals surface area contributed by atoms with Gasteiger partial charge in [-0.1, -0.05) is 18.2 Å². The Balaban J connectivity index is 1.88. The van der Waals surface area contributed by atoms with Gasteiger partial charge in [-0.15, -0.1) is 0 Å². The van der Waals surface area contributed by atoms with Gasteiger partial charge < -0.3 is 33.7 Å². The van der Waals surface area contributed by atoms with E-state index in [0.717, 1.165) is 0 Å². The Hall–Kier alpha value is -4.66. The average Bonchev–Trinajstić information content (AvgIpc) is 3.21. The molecule has 1 saturated heterocycles. The van der Waals surface area contributed by atoms with Crippen LogP contribution in [-0.4, -0.2) is 57.2 Å². The lowest BCUT2D eigenvalue weighted by atomic mass is 9.94. The van der Waals surface area contributed by atoms with E-state index in [2.05, 4.69) is 0 Å². The molecule has 1 amide bonds. The zero-order chi connectivity index (χ0) is 27.4. The lowest BCUT2D eigenvalue weighted by molar-refractivity contribution is -0.140. The van der Waals surface area contributed by atoms with Crippen molar-refractivity contribution in [3.63, 3.8) is 0 Å². The summed E-state index contributed by atoms with van der Waals surface area (Å²) in [7, 11) is 7.55. The molecule has 0 radical (unpaired) electrons. The van der Waals surface area contributed by atoms with E-state index < -0.39 is 17.7 Å². The van der Waals surface area contributed by atoms with Crippen molar-refractivity contribution in [2.24, 2.45) is 0 Å². The first kappa shape index (κ1) is 26.4. The van der Waals surface area contributed by atoms with Crippen LogP contribution in [-0.2, 0) is 16.1 Å². The van der Waals surface area contributed by atoms with Crippen molar-refractivity contribution in [2.45, 2.75) is 12.6 Å². The molecule has 9 nitrogen and oxygen atoms in total. The highest BCUT2D eigenvalue weighted by atomic mass is 16.5. The van der Waals surface area contributed by atoms with Crippen LogP contribution >= 0.6 is 0 Å². The van der Waals surface area contributed by atoms with Crippen LogP contribution in [0, 0.1) is 0 Å². The highest BCUT2D eigenvalue weighted by Gasteiger charge is 2.46. The van der Waals surface area contributed by atoms with Gasteiger partial charge in [0.15, 0.2) is 11.5 Å².